The average molecular weight is 312 g/mol. The van der Waals surface area contributed by atoms with E-state index in [9.17, 15) is 17.6 Å². The summed E-state index contributed by atoms with van der Waals surface area (Å²) in [5, 5.41) is 0. The van der Waals surface area contributed by atoms with E-state index in [-0.39, 0.29) is 12.5 Å². The summed E-state index contributed by atoms with van der Waals surface area (Å²) in [5.74, 6) is 0.0352. The highest BCUT2D eigenvalue weighted by Crippen LogP contribution is 2.31. The van der Waals surface area contributed by atoms with Gasteiger partial charge in [0.25, 0.3) is 0 Å². The zero-order chi connectivity index (χ0) is 16.3. The molecule has 0 aliphatic heterocycles. The van der Waals surface area contributed by atoms with Crippen molar-refractivity contribution in [1.29, 1.82) is 0 Å². The zero-order valence-corrected chi connectivity index (χ0v) is 12.2. The van der Waals surface area contributed by atoms with E-state index in [1.54, 1.807) is 12.1 Å². The van der Waals surface area contributed by atoms with Crippen LogP contribution in [0.3, 0.4) is 0 Å². The van der Waals surface area contributed by atoms with E-state index in [2.05, 4.69) is 0 Å². The van der Waals surface area contributed by atoms with Gasteiger partial charge in [-0.3, -0.25) is 0 Å². The number of benzene rings is 2. The number of halogens is 4. The van der Waals surface area contributed by atoms with Gasteiger partial charge in [0.15, 0.2) is 0 Å². The van der Waals surface area contributed by atoms with Crippen LogP contribution in [0, 0.1) is 5.82 Å². The lowest BCUT2D eigenvalue weighted by Gasteiger charge is -2.15. The second-order valence-corrected chi connectivity index (χ2v) is 5.32. The van der Waals surface area contributed by atoms with Crippen LogP contribution in [0.4, 0.5) is 17.6 Å². The van der Waals surface area contributed by atoms with Crippen molar-refractivity contribution in [2.24, 2.45) is 0 Å². The third-order valence-electron chi connectivity index (χ3n) is 3.25. The number of hydrogen-bond donors (Lipinski definition) is 0. The Labute approximate surface area is 126 Å². The fraction of sp³-hybridized carbons (Fsp3) is 0.294. The predicted molar refractivity (Wildman–Crippen MR) is 76.3 cm³/mol. The van der Waals surface area contributed by atoms with Gasteiger partial charge in [0.1, 0.15) is 18.2 Å². The molecule has 0 fully saturated rings. The van der Waals surface area contributed by atoms with Crippen LogP contribution in [0.25, 0.3) is 0 Å². The van der Waals surface area contributed by atoms with Gasteiger partial charge in [-0.15, -0.1) is 0 Å². The average Bonchev–Trinajstić information content (AvgIpc) is 2.44. The molecule has 2 aromatic rings. The maximum Gasteiger partial charge on any atom is 0.416 e. The first-order chi connectivity index (χ1) is 10.3. The highest BCUT2D eigenvalue weighted by Gasteiger charge is 2.30. The molecule has 0 heterocycles. The van der Waals surface area contributed by atoms with E-state index in [0.717, 1.165) is 17.7 Å². The quantitative estimate of drug-likeness (QED) is 0.673. The summed E-state index contributed by atoms with van der Waals surface area (Å²) in [4.78, 5) is 0. The topological polar surface area (TPSA) is 9.23 Å². The van der Waals surface area contributed by atoms with Gasteiger partial charge < -0.3 is 4.74 Å². The molecule has 0 bridgehead atoms. The van der Waals surface area contributed by atoms with Crippen molar-refractivity contribution in [2.75, 3.05) is 0 Å². The largest absolute Gasteiger partial charge is 0.489 e. The van der Waals surface area contributed by atoms with Gasteiger partial charge in [-0.2, -0.15) is 13.2 Å². The standard InChI is InChI=1S/C17H16F4O/c1-11(2)15-7-6-14(18)9-16(15)22-10-12-4-3-5-13(8-12)17(19,20)21/h3-9,11H,10H2,1-2H3. The highest BCUT2D eigenvalue weighted by atomic mass is 19.4. The molecule has 0 spiro atoms. The molecule has 0 saturated carbocycles. The van der Waals surface area contributed by atoms with Crippen LogP contribution < -0.4 is 4.74 Å². The van der Waals surface area contributed by atoms with Crippen LogP contribution in [0.1, 0.15) is 36.5 Å². The lowest BCUT2D eigenvalue weighted by atomic mass is 10.0. The smallest absolute Gasteiger partial charge is 0.416 e. The lowest BCUT2D eigenvalue weighted by Crippen LogP contribution is -2.06. The van der Waals surface area contributed by atoms with E-state index in [0.29, 0.717) is 11.3 Å². The molecular formula is C17H16F4O. The Morgan fingerprint density at radius 1 is 1.05 bits per heavy atom. The SMILES string of the molecule is CC(C)c1ccc(F)cc1OCc1cccc(C(F)(F)F)c1. The van der Waals surface area contributed by atoms with E-state index in [1.165, 1.54) is 18.2 Å². The van der Waals surface area contributed by atoms with Crippen LogP contribution in [0.15, 0.2) is 42.5 Å². The van der Waals surface area contributed by atoms with Crippen molar-refractivity contribution in [1.82, 2.24) is 0 Å². The molecule has 0 amide bonds. The normalized spacial score (nSPS) is 11.8. The van der Waals surface area contributed by atoms with Crippen LogP contribution >= 0.6 is 0 Å². The van der Waals surface area contributed by atoms with Crippen molar-refractivity contribution in [3.05, 3.63) is 65.0 Å². The minimum atomic E-state index is -4.39. The predicted octanol–water partition coefficient (Wildman–Crippen LogP) is 5.55. The lowest BCUT2D eigenvalue weighted by molar-refractivity contribution is -0.137. The van der Waals surface area contributed by atoms with Crippen LogP contribution in [0.5, 0.6) is 5.75 Å². The van der Waals surface area contributed by atoms with Crippen LogP contribution in [-0.2, 0) is 12.8 Å². The molecule has 2 aromatic carbocycles. The molecule has 0 radical (unpaired) electrons. The fourth-order valence-corrected chi connectivity index (χ4v) is 2.11. The second-order valence-electron chi connectivity index (χ2n) is 5.32. The van der Waals surface area contributed by atoms with E-state index in [1.807, 2.05) is 13.8 Å². The minimum absolute atomic E-state index is 0.0485. The zero-order valence-electron chi connectivity index (χ0n) is 12.2. The Bertz CT molecular complexity index is 647. The van der Waals surface area contributed by atoms with Gasteiger partial charge in [-0.1, -0.05) is 32.0 Å². The van der Waals surface area contributed by atoms with Gasteiger partial charge in [-0.25, -0.2) is 4.39 Å². The number of ether oxygens (including phenoxy) is 1. The van der Waals surface area contributed by atoms with E-state index >= 15 is 0 Å². The van der Waals surface area contributed by atoms with Gasteiger partial charge in [0.2, 0.25) is 0 Å². The molecule has 5 heteroatoms. The number of alkyl halides is 3. The molecule has 1 nitrogen and oxygen atoms in total. The van der Waals surface area contributed by atoms with Gasteiger partial charge in [-0.05, 0) is 35.2 Å². The van der Waals surface area contributed by atoms with Crippen molar-refractivity contribution in [2.45, 2.75) is 32.5 Å². The third-order valence-corrected chi connectivity index (χ3v) is 3.25. The van der Waals surface area contributed by atoms with Crippen molar-refractivity contribution in [3.8, 4) is 5.75 Å². The van der Waals surface area contributed by atoms with Crippen LogP contribution in [0.2, 0.25) is 0 Å². The molecule has 0 aliphatic carbocycles. The van der Waals surface area contributed by atoms with Crippen molar-refractivity contribution < 1.29 is 22.3 Å². The third kappa shape index (κ3) is 4.00. The minimum Gasteiger partial charge on any atom is -0.489 e. The summed E-state index contributed by atoms with van der Waals surface area (Å²) in [6.07, 6.45) is -4.39. The molecular weight excluding hydrogens is 296 g/mol. The van der Waals surface area contributed by atoms with E-state index in [4.69, 9.17) is 4.74 Å². The second kappa shape index (κ2) is 6.38. The molecule has 0 aliphatic rings. The van der Waals surface area contributed by atoms with Crippen LogP contribution in [-0.4, -0.2) is 0 Å². The Morgan fingerprint density at radius 2 is 1.77 bits per heavy atom. The molecule has 2 rings (SSSR count). The molecule has 0 aromatic heterocycles. The molecule has 0 saturated heterocycles. The first-order valence-electron chi connectivity index (χ1n) is 6.86. The Hall–Kier alpha value is -2.04. The summed E-state index contributed by atoms with van der Waals surface area (Å²) in [6.45, 7) is 3.82. The summed E-state index contributed by atoms with van der Waals surface area (Å²) >= 11 is 0. The van der Waals surface area contributed by atoms with Crippen molar-refractivity contribution in [3.63, 3.8) is 0 Å². The fourth-order valence-electron chi connectivity index (χ4n) is 2.11. The van der Waals surface area contributed by atoms with Gasteiger partial charge >= 0.3 is 6.18 Å². The van der Waals surface area contributed by atoms with Crippen molar-refractivity contribution >= 4 is 0 Å². The molecule has 0 N–H and O–H groups in total. The van der Waals surface area contributed by atoms with Gasteiger partial charge in [0.05, 0.1) is 5.56 Å². The number of hydrogen-bond acceptors (Lipinski definition) is 1. The molecule has 118 valence electrons. The Kier molecular flexibility index (Phi) is 4.74. The first kappa shape index (κ1) is 16.3. The first-order valence-corrected chi connectivity index (χ1v) is 6.86. The summed E-state index contributed by atoms with van der Waals surface area (Å²) < 4.78 is 56.8. The molecule has 0 atom stereocenters. The molecule has 22 heavy (non-hydrogen) atoms. The highest BCUT2D eigenvalue weighted by molar-refractivity contribution is 5.36. The maximum absolute atomic E-state index is 13.3. The maximum atomic E-state index is 13.3. The number of rotatable bonds is 4. The Balaban J connectivity index is 2.19. The Morgan fingerprint density at radius 3 is 2.41 bits per heavy atom. The van der Waals surface area contributed by atoms with E-state index < -0.39 is 17.6 Å². The monoisotopic (exact) mass is 312 g/mol. The summed E-state index contributed by atoms with van der Waals surface area (Å²) in [6, 6.07) is 9.14. The van der Waals surface area contributed by atoms with Gasteiger partial charge in [0, 0.05) is 6.07 Å². The summed E-state index contributed by atoms with van der Waals surface area (Å²) in [7, 11) is 0. The molecule has 0 unspecified atom stereocenters. The summed E-state index contributed by atoms with van der Waals surface area (Å²) in [5.41, 5.74) is 0.471.